The van der Waals surface area contributed by atoms with Gasteiger partial charge in [0.1, 0.15) is 4.90 Å². The molecule has 4 N–H and O–H groups in total. The second kappa shape index (κ2) is 5.43. The molecule has 100 valence electrons. The van der Waals surface area contributed by atoms with E-state index in [1.807, 2.05) is 0 Å². The molecular formula is C11H11ClN4O2S. The Labute approximate surface area is 115 Å². The zero-order valence-corrected chi connectivity index (χ0v) is 11.2. The molecule has 19 heavy (non-hydrogen) atoms. The van der Waals surface area contributed by atoms with E-state index >= 15 is 0 Å². The number of anilines is 2. The number of pyridine rings is 1. The fourth-order valence-corrected chi connectivity index (χ4v) is 2.89. The van der Waals surface area contributed by atoms with Crippen molar-refractivity contribution in [1.82, 2.24) is 4.98 Å². The number of sulfonamides is 1. The van der Waals surface area contributed by atoms with Crippen LogP contribution in [0.1, 0.15) is 0 Å². The Balaban J connectivity index is 2.41. The molecule has 1 aromatic heterocycles. The molecule has 0 radical (unpaired) electrons. The van der Waals surface area contributed by atoms with Crippen molar-refractivity contribution in [2.45, 2.75) is 4.90 Å². The first kappa shape index (κ1) is 13.6. The zero-order chi connectivity index (χ0) is 13.9. The fourth-order valence-electron chi connectivity index (χ4n) is 1.46. The van der Waals surface area contributed by atoms with E-state index in [2.05, 4.69) is 15.1 Å². The summed E-state index contributed by atoms with van der Waals surface area (Å²) in [5.74, 6) is 5.35. The number of aromatic nitrogens is 1. The van der Waals surface area contributed by atoms with Crippen LogP contribution in [-0.4, -0.2) is 13.4 Å². The van der Waals surface area contributed by atoms with E-state index in [0.29, 0.717) is 0 Å². The molecule has 8 heteroatoms. The van der Waals surface area contributed by atoms with Crippen molar-refractivity contribution in [3.8, 4) is 0 Å². The van der Waals surface area contributed by atoms with Gasteiger partial charge in [-0.05, 0) is 24.3 Å². The van der Waals surface area contributed by atoms with Gasteiger partial charge in [0.2, 0.25) is 0 Å². The predicted octanol–water partition coefficient (Wildman–Crippen LogP) is 1.82. The SMILES string of the molecule is NNc1ccccc1S(=O)(=O)Nc1ncccc1Cl. The van der Waals surface area contributed by atoms with Gasteiger partial charge in [0, 0.05) is 6.20 Å². The van der Waals surface area contributed by atoms with Crippen molar-refractivity contribution in [2.24, 2.45) is 5.84 Å². The maximum absolute atomic E-state index is 12.2. The van der Waals surface area contributed by atoms with Gasteiger partial charge in [-0.3, -0.25) is 10.6 Å². The van der Waals surface area contributed by atoms with Crippen molar-refractivity contribution in [3.63, 3.8) is 0 Å². The lowest BCUT2D eigenvalue weighted by Gasteiger charge is -2.11. The summed E-state index contributed by atoms with van der Waals surface area (Å²) >= 11 is 5.86. The largest absolute Gasteiger partial charge is 0.323 e. The minimum atomic E-state index is -3.82. The van der Waals surface area contributed by atoms with Crippen LogP contribution >= 0.6 is 11.6 Å². The van der Waals surface area contributed by atoms with E-state index in [-0.39, 0.29) is 21.4 Å². The monoisotopic (exact) mass is 298 g/mol. The van der Waals surface area contributed by atoms with Crippen molar-refractivity contribution in [1.29, 1.82) is 0 Å². The average molecular weight is 299 g/mol. The number of para-hydroxylation sites is 1. The van der Waals surface area contributed by atoms with Gasteiger partial charge in [-0.2, -0.15) is 0 Å². The first-order valence-electron chi connectivity index (χ1n) is 5.23. The quantitative estimate of drug-likeness (QED) is 0.591. The second-order valence-corrected chi connectivity index (χ2v) is 5.64. The highest BCUT2D eigenvalue weighted by molar-refractivity contribution is 7.92. The maximum atomic E-state index is 12.2. The van der Waals surface area contributed by atoms with Crippen LogP contribution in [0.5, 0.6) is 0 Å². The Morgan fingerprint density at radius 1 is 1.16 bits per heavy atom. The van der Waals surface area contributed by atoms with Crippen LogP contribution in [0.2, 0.25) is 5.02 Å². The first-order valence-corrected chi connectivity index (χ1v) is 7.09. The number of halogens is 1. The van der Waals surface area contributed by atoms with Crippen LogP contribution in [0.25, 0.3) is 0 Å². The molecule has 0 amide bonds. The molecular weight excluding hydrogens is 288 g/mol. The van der Waals surface area contributed by atoms with E-state index in [9.17, 15) is 8.42 Å². The molecule has 0 bridgehead atoms. The van der Waals surface area contributed by atoms with Crippen LogP contribution in [0.4, 0.5) is 11.5 Å². The summed E-state index contributed by atoms with van der Waals surface area (Å²) in [4.78, 5) is 3.88. The maximum Gasteiger partial charge on any atom is 0.265 e. The molecule has 0 saturated carbocycles. The van der Waals surface area contributed by atoms with Crippen molar-refractivity contribution in [2.75, 3.05) is 10.1 Å². The Bertz CT molecular complexity index is 691. The molecule has 0 aliphatic heterocycles. The lowest BCUT2D eigenvalue weighted by molar-refractivity contribution is 0.601. The third-order valence-electron chi connectivity index (χ3n) is 2.32. The van der Waals surface area contributed by atoms with Crippen molar-refractivity contribution < 1.29 is 8.42 Å². The summed E-state index contributed by atoms with van der Waals surface area (Å²) in [5, 5.41) is 0.212. The van der Waals surface area contributed by atoms with Gasteiger partial charge in [0.25, 0.3) is 10.0 Å². The summed E-state index contributed by atoms with van der Waals surface area (Å²) < 4.78 is 26.8. The van der Waals surface area contributed by atoms with Gasteiger partial charge < -0.3 is 5.43 Å². The number of nitrogen functional groups attached to an aromatic ring is 1. The van der Waals surface area contributed by atoms with Gasteiger partial charge in [0.15, 0.2) is 5.82 Å². The summed E-state index contributed by atoms with van der Waals surface area (Å²) in [6.45, 7) is 0. The Morgan fingerprint density at radius 3 is 2.58 bits per heavy atom. The van der Waals surface area contributed by atoms with Gasteiger partial charge in [-0.25, -0.2) is 13.4 Å². The number of benzene rings is 1. The number of rotatable bonds is 4. The predicted molar refractivity (Wildman–Crippen MR) is 74.3 cm³/mol. The van der Waals surface area contributed by atoms with Crippen LogP contribution < -0.4 is 16.0 Å². The van der Waals surface area contributed by atoms with Crippen LogP contribution in [0.15, 0.2) is 47.5 Å². The third kappa shape index (κ3) is 2.95. The summed E-state index contributed by atoms with van der Waals surface area (Å²) in [7, 11) is -3.82. The molecule has 0 spiro atoms. The van der Waals surface area contributed by atoms with Gasteiger partial charge in [-0.15, -0.1) is 0 Å². The Hall–Kier alpha value is -1.83. The minimum absolute atomic E-state index is 0.0132. The molecule has 0 atom stereocenters. The first-order chi connectivity index (χ1) is 9.04. The molecule has 0 aliphatic rings. The second-order valence-electron chi connectivity index (χ2n) is 3.58. The highest BCUT2D eigenvalue weighted by Gasteiger charge is 2.19. The summed E-state index contributed by atoms with van der Waals surface area (Å²) in [6.07, 6.45) is 1.44. The van der Waals surface area contributed by atoms with E-state index in [0.717, 1.165) is 0 Å². The average Bonchev–Trinajstić information content (AvgIpc) is 2.41. The minimum Gasteiger partial charge on any atom is -0.323 e. The van der Waals surface area contributed by atoms with Crippen LogP contribution in [0.3, 0.4) is 0 Å². The molecule has 0 saturated heterocycles. The van der Waals surface area contributed by atoms with Crippen LogP contribution in [0, 0.1) is 0 Å². The highest BCUT2D eigenvalue weighted by Crippen LogP contribution is 2.25. The molecule has 0 fully saturated rings. The lowest BCUT2D eigenvalue weighted by Crippen LogP contribution is -2.18. The summed E-state index contributed by atoms with van der Waals surface area (Å²) in [5.41, 5.74) is 2.61. The number of nitrogens with two attached hydrogens (primary N) is 1. The van der Waals surface area contributed by atoms with Gasteiger partial charge in [-0.1, -0.05) is 23.7 Å². The normalized spacial score (nSPS) is 11.1. The number of hydrazine groups is 1. The molecule has 2 rings (SSSR count). The molecule has 2 aromatic rings. The molecule has 0 aliphatic carbocycles. The van der Waals surface area contributed by atoms with Crippen LogP contribution in [-0.2, 0) is 10.0 Å². The standard InChI is InChI=1S/C11H11ClN4O2S/c12-8-4-3-7-14-11(8)16-19(17,18)10-6-2-1-5-9(10)15-13/h1-7,15H,13H2,(H,14,16). The topological polar surface area (TPSA) is 97.1 Å². The molecule has 1 heterocycles. The summed E-state index contributed by atoms with van der Waals surface area (Å²) in [6, 6.07) is 9.38. The van der Waals surface area contributed by atoms with E-state index in [1.54, 1.807) is 30.3 Å². The third-order valence-corrected chi connectivity index (χ3v) is 4.02. The molecule has 6 nitrogen and oxygen atoms in total. The number of hydrogen-bond donors (Lipinski definition) is 3. The van der Waals surface area contributed by atoms with Gasteiger partial charge >= 0.3 is 0 Å². The smallest absolute Gasteiger partial charge is 0.265 e. The van der Waals surface area contributed by atoms with E-state index in [4.69, 9.17) is 17.4 Å². The molecule has 1 aromatic carbocycles. The van der Waals surface area contributed by atoms with Crippen molar-refractivity contribution >= 4 is 33.1 Å². The fraction of sp³-hybridized carbons (Fsp3) is 0. The van der Waals surface area contributed by atoms with Crippen molar-refractivity contribution in [3.05, 3.63) is 47.6 Å². The van der Waals surface area contributed by atoms with E-state index in [1.165, 1.54) is 12.3 Å². The molecule has 0 unspecified atom stereocenters. The lowest BCUT2D eigenvalue weighted by atomic mass is 10.3. The Kier molecular flexibility index (Phi) is 3.89. The number of nitrogens with zero attached hydrogens (tertiary/aromatic N) is 1. The zero-order valence-electron chi connectivity index (χ0n) is 9.67. The highest BCUT2D eigenvalue weighted by atomic mass is 35.5. The number of hydrogen-bond acceptors (Lipinski definition) is 5. The van der Waals surface area contributed by atoms with Gasteiger partial charge in [0.05, 0.1) is 10.7 Å². The Morgan fingerprint density at radius 2 is 1.89 bits per heavy atom. The number of nitrogens with one attached hydrogen (secondary N) is 2. The van der Waals surface area contributed by atoms with E-state index < -0.39 is 10.0 Å².